The Bertz CT molecular complexity index is 65.1. The van der Waals surface area contributed by atoms with Crippen LogP contribution in [0, 0.1) is 5.41 Å². The van der Waals surface area contributed by atoms with Crippen molar-refractivity contribution < 1.29 is 14.7 Å². The largest absolute Gasteiger partial charge is 0.328 e. The Kier molecular flexibility index (Phi) is 7.83. The van der Waals surface area contributed by atoms with Gasteiger partial charge in [0.15, 0.2) is 0 Å². The van der Waals surface area contributed by atoms with Gasteiger partial charge in [-0.3, -0.25) is 0 Å². The Labute approximate surface area is 63.7 Å². The van der Waals surface area contributed by atoms with Gasteiger partial charge >= 0.3 is 8.60 Å². The number of hydrogen-bond donors (Lipinski definition) is 3. The van der Waals surface area contributed by atoms with Crippen molar-refractivity contribution in [1.82, 2.24) is 0 Å². The summed E-state index contributed by atoms with van der Waals surface area (Å²) in [5, 5.41) is 0. The molecular weight excluding hydrogens is 151 g/mol. The Morgan fingerprint density at radius 2 is 1.20 bits per heavy atom. The van der Waals surface area contributed by atoms with Crippen molar-refractivity contribution >= 4 is 8.60 Å². The van der Waals surface area contributed by atoms with Crippen LogP contribution in [0.15, 0.2) is 0 Å². The number of hydrogen-bond acceptors (Lipinski definition) is 3. The normalized spacial score (nSPS) is 10.8. The van der Waals surface area contributed by atoms with Gasteiger partial charge in [-0.05, 0) is 5.41 Å². The highest BCUT2D eigenvalue weighted by molar-refractivity contribution is 7.38. The third-order valence-corrected chi connectivity index (χ3v) is 1.06. The molecule has 0 atom stereocenters. The maximum atomic E-state index is 7.23. The second kappa shape index (κ2) is 6.05. The fraction of sp³-hybridized carbons (Fsp3) is 1.00. The van der Waals surface area contributed by atoms with Crippen molar-refractivity contribution in [2.45, 2.75) is 34.1 Å². The first-order valence-electron chi connectivity index (χ1n) is 3.16. The van der Waals surface area contributed by atoms with Gasteiger partial charge in [-0.1, -0.05) is 34.1 Å². The topological polar surface area (TPSA) is 60.7 Å². The SMILES string of the molecule is CCC(C)(C)C.OP(O)O. The zero-order valence-electron chi connectivity index (χ0n) is 7.00. The molecule has 4 heteroatoms. The molecule has 0 aliphatic heterocycles. The highest BCUT2D eigenvalue weighted by atomic mass is 31.2. The Morgan fingerprint density at radius 1 is 1.10 bits per heavy atom. The number of rotatable bonds is 0. The quantitative estimate of drug-likeness (QED) is 0.482. The first-order chi connectivity index (χ1) is 4.29. The summed E-state index contributed by atoms with van der Waals surface area (Å²) < 4.78 is 0. The molecule has 3 nitrogen and oxygen atoms in total. The lowest BCUT2D eigenvalue weighted by atomic mass is 9.94. The summed E-state index contributed by atoms with van der Waals surface area (Å²) in [6.45, 7) is 8.94. The molecule has 0 amide bonds. The molecular formula is C6H17O3P. The molecule has 0 aliphatic carbocycles. The van der Waals surface area contributed by atoms with E-state index >= 15 is 0 Å². The highest BCUT2D eigenvalue weighted by Gasteiger charge is 2.03. The van der Waals surface area contributed by atoms with Crippen LogP contribution in [0.3, 0.4) is 0 Å². The van der Waals surface area contributed by atoms with Gasteiger partial charge in [-0.2, -0.15) is 0 Å². The van der Waals surface area contributed by atoms with E-state index in [9.17, 15) is 0 Å². The van der Waals surface area contributed by atoms with Gasteiger partial charge < -0.3 is 14.7 Å². The predicted octanol–water partition coefficient (Wildman–Crippen LogP) is 1.63. The average molecular weight is 168 g/mol. The molecule has 0 saturated carbocycles. The van der Waals surface area contributed by atoms with Crippen LogP contribution >= 0.6 is 8.60 Å². The highest BCUT2D eigenvalue weighted by Crippen LogP contribution is 2.16. The zero-order chi connectivity index (χ0) is 8.78. The van der Waals surface area contributed by atoms with Crippen LogP contribution in [0.25, 0.3) is 0 Å². The Balaban J connectivity index is 0. The molecule has 0 rings (SSSR count). The maximum Gasteiger partial charge on any atom is 0.324 e. The van der Waals surface area contributed by atoms with Crippen molar-refractivity contribution in [3.63, 3.8) is 0 Å². The molecule has 0 radical (unpaired) electrons. The summed E-state index contributed by atoms with van der Waals surface area (Å²) in [4.78, 5) is 21.7. The third kappa shape index (κ3) is 40.5. The minimum absolute atomic E-state index is 0.542. The van der Waals surface area contributed by atoms with Crippen LogP contribution in [0.5, 0.6) is 0 Å². The minimum atomic E-state index is -2.62. The van der Waals surface area contributed by atoms with Gasteiger partial charge in [0.25, 0.3) is 0 Å². The van der Waals surface area contributed by atoms with Crippen molar-refractivity contribution in [3.8, 4) is 0 Å². The minimum Gasteiger partial charge on any atom is -0.328 e. The summed E-state index contributed by atoms with van der Waals surface area (Å²) in [6, 6.07) is 0. The molecule has 64 valence electrons. The van der Waals surface area contributed by atoms with E-state index in [1.807, 2.05) is 0 Å². The van der Waals surface area contributed by atoms with E-state index in [1.165, 1.54) is 6.42 Å². The lowest BCUT2D eigenvalue weighted by Gasteiger charge is -2.12. The first kappa shape index (κ1) is 12.9. The standard InChI is InChI=1S/C6H14.H3O3P/c1-5-6(2,3)4;1-4(2)3/h5H2,1-4H3;1-3H. The molecule has 10 heavy (non-hydrogen) atoms. The summed E-state index contributed by atoms with van der Waals surface area (Å²) in [5.74, 6) is 0. The summed E-state index contributed by atoms with van der Waals surface area (Å²) in [7, 11) is -2.62. The summed E-state index contributed by atoms with van der Waals surface area (Å²) in [5.41, 5.74) is 0.542. The molecule has 0 aromatic rings. The smallest absolute Gasteiger partial charge is 0.324 e. The van der Waals surface area contributed by atoms with E-state index in [4.69, 9.17) is 14.7 Å². The molecule has 0 unspecified atom stereocenters. The summed E-state index contributed by atoms with van der Waals surface area (Å²) in [6.07, 6.45) is 1.27. The van der Waals surface area contributed by atoms with Crippen LogP contribution in [0.1, 0.15) is 34.1 Å². The van der Waals surface area contributed by atoms with E-state index < -0.39 is 8.60 Å². The van der Waals surface area contributed by atoms with E-state index in [0.717, 1.165) is 0 Å². The average Bonchev–Trinajstić information content (AvgIpc) is 1.63. The molecule has 0 bridgehead atoms. The van der Waals surface area contributed by atoms with Crippen LogP contribution < -0.4 is 0 Å². The van der Waals surface area contributed by atoms with Gasteiger partial charge in [0.1, 0.15) is 0 Å². The van der Waals surface area contributed by atoms with Gasteiger partial charge in [0.05, 0.1) is 0 Å². The van der Waals surface area contributed by atoms with Gasteiger partial charge in [0.2, 0.25) is 0 Å². The fourth-order valence-electron chi connectivity index (χ4n) is 0. The predicted molar refractivity (Wildman–Crippen MR) is 43.3 cm³/mol. The van der Waals surface area contributed by atoms with E-state index in [2.05, 4.69) is 27.7 Å². The van der Waals surface area contributed by atoms with Gasteiger partial charge in [-0.25, -0.2) is 0 Å². The van der Waals surface area contributed by atoms with Crippen molar-refractivity contribution in [2.24, 2.45) is 5.41 Å². The molecule has 0 aliphatic rings. The van der Waals surface area contributed by atoms with Crippen LogP contribution in [0.2, 0.25) is 0 Å². The molecule has 0 spiro atoms. The van der Waals surface area contributed by atoms with Crippen molar-refractivity contribution in [3.05, 3.63) is 0 Å². The van der Waals surface area contributed by atoms with Crippen LogP contribution in [0.4, 0.5) is 0 Å². The van der Waals surface area contributed by atoms with E-state index in [1.54, 1.807) is 0 Å². The molecule has 0 heterocycles. The van der Waals surface area contributed by atoms with Crippen LogP contribution in [-0.4, -0.2) is 14.7 Å². The van der Waals surface area contributed by atoms with Gasteiger partial charge in [-0.15, -0.1) is 0 Å². The summed E-state index contributed by atoms with van der Waals surface area (Å²) >= 11 is 0. The first-order valence-corrected chi connectivity index (χ1v) is 4.36. The lowest BCUT2D eigenvalue weighted by molar-refractivity contribution is 0.368. The van der Waals surface area contributed by atoms with E-state index in [0.29, 0.717) is 5.41 Å². The third-order valence-electron chi connectivity index (χ3n) is 1.06. The Hall–Kier alpha value is 0.310. The monoisotopic (exact) mass is 168 g/mol. The second-order valence-corrected chi connectivity index (χ2v) is 3.72. The van der Waals surface area contributed by atoms with E-state index in [-0.39, 0.29) is 0 Å². The second-order valence-electron chi connectivity index (χ2n) is 3.18. The maximum absolute atomic E-state index is 7.23. The van der Waals surface area contributed by atoms with Crippen LogP contribution in [-0.2, 0) is 0 Å². The Morgan fingerprint density at radius 3 is 1.20 bits per heavy atom. The molecule has 0 saturated heterocycles. The lowest BCUT2D eigenvalue weighted by Crippen LogP contribution is -2.00. The fourth-order valence-corrected chi connectivity index (χ4v) is 0. The van der Waals surface area contributed by atoms with Gasteiger partial charge in [0, 0.05) is 0 Å². The molecule has 3 N–H and O–H groups in total. The molecule has 0 aromatic carbocycles. The molecule has 0 aromatic heterocycles. The van der Waals surface area contributed by atoms with Crippen molar-refractivity contribution in [2.75, 3.05) is 0 Å². The van der Waals surface area contributed by atoms with Crippen molar-refractivity contribution in [1.29, 1.82) is 0 Å². The molecule has 0 fully saturated rings. The zero-order valence-corrected chi connectivity index (χ0v) is 7.89.